The van der Waals surface area contributed by atoms with Crippen LogP contribution in [0.4, 0.5) is 55.6 Å². The Balaban J connectivity index is 0.000000312. The molecule has 23 heteroatoms. The SMILES string of the molecule is CC(=O)Nc1ncc(N(CCCO[Si](c2ccccc2)(c2ccccc2)C(C)(C)C)C(=O)OCc2ccccc2)cc1-c1cncc(N(C(=O)OC(C)(C)C)c2cccc(Cl)c2)n1.CC(=O)Nc1ncc(NCCCO)cc1-c1cncc(Nc2cccc(Cl)c2)n1. The number of carbonyl (C=O) groups is 4. The first-order valence-electron chi connectivity index (χ1n) is 29.7. The van der Waals surface area contributed by atoms with Crippen LogP contribution in [-0.2, 0) is 30.1 Å². The lowest BCUT2D eigenvalue weighted by Crippen LogP contribution is -2.66. The number of aliphatic hydroxyl groups excluding tert-OH is 1. The highest BCUT2D eigenvalue weighted by molar-refractivity contribution is 6.99. The molecule has 0 aliphatic carbocycles. The lowest BCUT2D eigenvalue weighted by molar-refractivity contribution is -0.115. The number of carbonyl (C=O) groups excluding carboxylic acids is 4. The standard InChI is InChI=1S/C49H53ClN6O6Si.C20H21ClN6O2/c1-35(57)53-45-42(43-32-51-33-44(54-43)56(47(59)62-48(2,3)4)38-22-17-21-37(50)29-38)30-39(31-52-45)55(46(58)60-34-36-19-11-8-12-20-36)27-18-28-61-63(49(5,6)7,40-23-13-9-14-24-40)41-25-15-10-16-26-41;1-13(29)25-20-17(9-16(10-24-20)23-6-3-7-28)18-11-22-12-19(27-18)26-15-5-2-4-14(21)8-15/h8-17,19-26,29-33H,18,27-28,34H2,1-7H3,(H,52,53,57);2,4-5,8-12,23,28H,3,6-7H2,1H3,(H,26,27)(H,24,25,29). The second-order valence-corrected chi connectivity index (χ2v) is 28.3. The van der Waals surface area contributed by atoms with E-state index in [1.807, 2.05) is 84.9 Å². The number of pyridine rings is 2. The lowest BCUT2D eigenvalue weighted by Gasteiger charge is -2.43. The van der Waals surface area contributed by atoms with E-state index in [-0.39, 0.29) is 53.9 Å². The zero-order chi connectivity index (χ0) is 65.8. The van der Waals surface area contributed by atoms with Gasteiger partial charge in [0.15, 0.2) is 5.82 Å². The van der Waals surface area contributed by atoms with Crippen LogP contribution in [0.1, 0.15) is 73.8 Å². The van der Waals surface area contributed by atoms with E-state index in [1.54, 1.807) is 81.8 Å². The summed E-state index contributed by atoms with van der Waals surface area (Å²) in [6, 6.07) is 47.7. The molecule has 0 bridgehead atoms. The summed E-state index contributed by atoms with van der Waals surface area (Å²) >= 11 is 12.4. The van der Waals surface area contributed by atoms with E-state index in [0.29, 0.717) is 75.9 Å². The first kappa shape index (κ1) is 68.3. The molecule has 476 valence electrons. The fourth-order valence-corrected chi connectivity index (χ4v) is 14.8. The van der Waals surface area contributed by atoms with E-state index < -0.39 is 26.1 Å². The number of aliphatic hydroxyl groups is 1. The summed E-state index contributed by atoms with van der Waals surface area (Å²) in [5.41, 5.74) is 4.02. The van der Waals surface area contributed by atoms with Crippen molar-refractivity contribution in [1.29, 1.82) is 0 Å². The lowest BCUT2D eigenvalue weighted by atomic mass is 10.1. The molecular weight excluding hydrogens is 1220 g/mol. The first-order valence-corrected chi connectivity index (χ1v) is 32.4. The minimum atomic E-state index is -2.87. The van der Waals surface area contributed by atoms with Gasteiger partial charge in [-0.25, -0.2) is 34.4 Å². The maximum Gasteiger partial charge on any atom is 0.420 e. The van der Waals surface area contributed by atoms with E-state index in [9.17, 15) is 19.2 Å². The number of ether oxygens (including phenoxy) is 2. The largest absolute Gasteiger partial charge is 0.444 e. The number of hydrogen-bond acceptors (Lipinski definition) is 16. The second-order valence-electron chi connectivity index (χ2n) is 23.1. The molecule has 5 aromatic carbocycles. The van der Waals surface area contributed by atoms with Crippen LogP contribution in [0.25, 0.3) is 22.5 Å². The minimum Gasteiger partial charge on any atom is -0.444 e. The highest BCUT2D eigenvalue weighted by Crippen LogP contribution is 2.38. The first-order chi connectivity index (χ1) is 44.1. The Morgan fingerprint density at radius 1 is 0.598 bits per heavy atom. The van der Waals surface area contributed by atoms with Gasteiger partial charge in [0.2, 0.25) is 11.8 Å². The third kappa shape index (κ3) is 18.7. The summed E-state index contributed by atoms with van der Waals surface area (Å²) in [5.74, 6) is 0.576. The van der Waals surface area contributed by atoms with Crippen LogP contribution < -0.4 is 41.4 Å². The number of aromatic nitrogens is 6. The summed E-state index contributed by atoms with van der Waals surface area (Å²) in [5, 5.41) is 23.8. The fourth-order valence-electron chi connectivity index (χ4n) is 9.85. The van der Waals surface area contributed by atoms with Gasteiger partial charge in [-0.1, -0.05) is 147 Å². The van der Waals surface area contributed by atoms with Gasteiger partial charge in [-0.15, -0.1) is 0 Å². The molecular formula is C69H74Cl2N12O8Si. The van der Waals surface area contributed by atoms with Gasteiger partial charge in [0.25, 0.3) is 8.32 Å². The molecule has 92 heavy (non-hydrogen) atoms. The Morgan fingerprint density at radius 3 is 1.78 bits per heavy atom. The summed E-state index contributed by atoms with van der Waals surface area (Å²) in [7, 11) is -2.87. The Kier molecular flexibility index (Phi) is 23.7. The van der Waals surface area contributed by atoms with Crippen LogP contribution in [0.2, 0.25) is 15.1 Å². The van der Waals surface area contributed by atoms with Gasteiger partial charge < -0.3 is 40.3 Å². The molecule has 4 heterocycles. The molecule has 0 aliphatic rings. The molecule has 9 aromatic rings. The highest BCUT2D eigenvalue weighted by atomic mass is 35.5. The molecule has 9 rings (SSSR count). The Labute approximate surface area is 546 Å². The van der Waals surface area contributed by atoms with Gasteiger partial charge in [0, 0.05) is 67.0 Å². The van der Waals surface area contributed by atoms with Gasteiger partial charge >= 0.3 is 12.2 Å². The molecule has 0 unspecified atom stereocenters. The summed E-state index contributed by atoms with van der Waals surface area (Å²) in [4.78, 5) is 82.0. The molecule has 4 aromatic heterocycles. The van der Waals surface area contributed by atoms with E-state index in [2.05, 4.69) is 91.2 Å². The normalized spacial score (nSPS) is 11.3. The number of rotatable bonds is 22. The molecule has 0 radical (unpaired) electrons. The quantitative estimate of drug-likeness (QED) is 0.0313. The van der Waals surface area contributed by atoms with Crippen LogP contribution in [0.3, 0.4) is 0 Å². The van der Waals surface area contributed by atoms with Crippen molar-refractivity contribution in [3.8, 4) is 22.5 Å². The third-order valence-corrected chi connectivity index (χ3v) is 19.3. The van der Waals surface area contributed by atoms with Crippen molar-refractivity contribution in [2.24, 2.45) is 0 Å². The van der Waals surface area contributed by atoms with Crippen molar-refractivity contribution in [3.05, 3.63) is 204 Å². The number of nitrogens with one attached hydrogen (secondary N) is 4. The number of benzene rings is 5. The van der Waals surface area contributed by atoms with Crippen molar-refractivity contribution in [2.75, 3.05) is 57.4 Å². The van der Waals surface area contributed by atoms with Gasteiger partial charge in [0.1, 0.15) is 29.7 Å². The average molecular weight is 1300 g/mol. The highest BCUT2D eigenvalue weighted by Gasteiger charge is 2.50. The van der Waals surface area contributed by atoms with Crippen molar-refractivity contribution in [1.82, 2.24) is 29.9 Å². The molecule has 20 nitrogen and oxygen atoms in total. The summed E-state index contributed by atoms with van der Waals surface area (Å²) in [6.45, 7) is 16.0. The number of amides is 4. The van der Waals surface area contributed by atoms with E-state index in [0.717, 1.165) is 27.3 Å². The van der Waals surface area contributed by atoms with Crippen LogP contribution in [0.15, 0.2) is 189 Å². The topological polar surface area (TPSA) is 248 Å². The van der Waals surface area contributed by atoms with Crippen LogP contribution in [0, 0.1) is 0 Å². The molecule has 0 saturated carbocycles. The maximum atomic E-state index is 14.2. The number of hydrogen-bond donors (Lipinski definition) is 5. The van der Waals surface area contributed by atoms with Gasteiger partial charge in [-0.3, -0.25) is 24.5 Å². The Morgan fingerprint density at radius 2 is 1.18 bits per heavy atom. The average Bonchev–Trinajstić information content (AvgIpc) is 0.758. The predicted molar refractivity (Wildman–Crippen MR) is 366 cm³/mol. The van der Waals surface area contributed by atoms with E-state index in [1.165, 1.54) is 42.2 Å². The predicted octanol–water partition coefficient (Wildman–Crippen LogP) is 14.0. The van der Waals surface area contributed by atoms with Crippen molar-refractivity contribution in [2.45, 2.75) is 85.5 Å². The van der Waals surface area contributed by atoms with Crippen molar-refractivity contribution in [3.63, 3.8) is 0 Å². The van der Waals surface area contributed by atoms with E-state index >= 15 is 0 Å². The third-order valence-electron chi connectivity index (χ3n) is 13.8. The molecule has 0 aliphatic heterocycles. The summed E-state index contributed by atoms with van der Waals surface area (Å²) < 4.78 is 18.9. The zero-order valence-electron chi connectivity index (χ0n) is 52.5. The van der Waals surface area contributed by atoms with Crippen LogP contribution in [0.5, 0.6) is 0 Å². The van der Waals surface area contributed by atoms with Gasteiger partial charge in [0.05, 0.1) is 65.6 Å². The molecule has 0 saturated heterocycles. The maximum absolute atomic E-state index is 14.2. The van der Waals surface area contributed by atoms with Crippen LogP contribution in [-0.4, -0.2) is 99.2 Å². The van der Waals surface area contributed by atoms with Crippen LogP contribution >= 0.6 is 23.2 Å². The smallest absolute Gasteiger partial charge is 0.420 e. The molecule has 4 amide bonds. The van der Waals surface area contributed by atoms with E-state index in [4.69, 9.17) is 47.2 Å². The Hall–Kier alpha value is -9.64. The number of nitrogens with zero attached hydrogens (tertiary/aromatic N) is 8. The second kappa shape index (κ2) is 31.9. The monoisotopic (exact) mass is 1300 g/mol. The van der Waals surface area contributed by atoms with Gasteiger partial charge in [-0.05, 0) is 103 Å². The molecule has 0 spiro atoms. The minimum absolute atomic E-state index is 0.0382. The zero-order valence-corrected chi connectivity index (χ0v) is 55.0. The Bertz CT molecular complexity index is 3920. The number of anilines is 8. The molecule has 5 N–H and O–H groups in total. The van der Waals surface area contributed by atoms with Gasteiger partial charge in [-0.2, -0.15) is 0 Å². The molecule has 0 fully saturated rings. The molecule has 0 atom stereocenters. The number of halogens is 2. The fraction of sp³-hybridized carbons (Fsp3) is 0.246. The van der Waals surface area contributed by atoms with Crippen molar-refractivity contribution >= 4 is 112 Å². The summed E-state index contributed by atoms with van der Waals surface area (Å²) in [6.07, 6.45) is 8.95. The van der Waals surface area contributed by atoms with Crippen molar-refractivity contribution < 1.29 is 38.2 Å².